The SMILES string of the molecule is O=C(/C=C/c1cc(Cl)c2c(c1)OCO2)Nc1ccc(F)cc1. The molecule has 1 aliphatic heterocycles. The molecule has 1 amide bonds. The summed E-state index contributed by atoms with van der Waals surface area (Å²) < 4.78 is 23.2. The van der Waals surface area contributed by atoms with Crippen LogP contribution in [-0.4, -0.2) is 12.7 Å². The molecule has 0 aliphatic carbocycles. The first-order valence-corrected chi connectivity index (χ1v) is 6.83. The number of amides is 1. The molecule has 0 fully saturated rings. The van der Waals surface area contributed by atoms with Gasteiger partial charge < -0.3 is 14.8 Å². The molecule has 0 saturated heterocycles. The zero-order valence-electron chi connectivity index (χ0n) is 11.3. The first-order chi connectivity index (χ1) is 10.6. The normalized spacial score (nSPS) is 12.6. The Labute approximate surface area is 131 Å². The largest absolute Gasteiger partial charge is 0.454 e. The maximum atomic E-state index is 12.8. The van der Waals surface area contributed by atoms with Crippen molar-refractivity contribution in [3.8, 4) is 11.5 Å². The number of rotatable bonds is 3. The van der Waals surface area contributed by atoms with E-state index in [2.05, 4.69) is 5.32 Å². The second-order valence-electron chi connectivity index (χ2n) is 4.57. The van der Waals surface area contributed by atoms with E-state index in [-0.39, 0.29) is 18.5 Å². The van der Waals surface area contributed by atoms with Crippen LogP contribution in [0.4, 0.5) is 10.1 Å². The maximum absolute atomic E-state index is 12.8. The van der Waals surface area contributed by atoms with E-state index >= 15 is 0 Å². The first kappa shape index (κ1) is 14.4. The Morgan fingerprint density at radius 3 is 2.77 bits per heavy atom. The topological polar surface area (TPSA) is 47.6 Å². The van der Waals surface area contributed by atoms with Crippen molar-refractivity contribution >= 4 is 29.3 Å². The monoisotopic (exact) mass is 319 g/mol. The summed E-state index contributed by atoms with van der Waals surface area (Å²) in [5, 5.41) is 3.05. The van der Waals surface area contributed by atoms with Gasteiger partial charge in [0, 0.05) is 11.8 Å². The highest BCUT2D eigenvalue weighted by Gasteiger charge is 2.17. The van der Waals surface area contributed by atoms with Crippen LogP contribution in [0.2, 0.25) is 5.02 Å². The van der Waals surface area contributed by atoms with Crippen molar-refractivity contribution in [3.05, 3.63) is 58.9 Å². The molecular weight excluding hydrogens is 309 g/mol. The fourth-order valence-electron chi connectivity index (χ4n) is 1.97. The molecule has 1 heterocycles. The highest BCUT2D eigenvalue weighted by Crippen LogP contribution is 2.40. The van der Waals surface area contributed by atoms with Gasteiger partial charge >= 0.3 is 0 Å². The lowest BCUT2D eigenvalue weighted by Gasteiger charge is -2.02. The average molecular weight is 320 g/mol. The summed E-state index contributed by atoms with van der Waals surface area (Å²) in [6.07, 6.45) is 2.96. The van der Waals surface area contributed by atoms with Gasteiger partial charge in [0.25, 0.3) is 0 Å². The van der Waals surface area contributed by atoms with Crippen LogP contribution in [0.1, 0.15) is 5.56 Å². The number of halogens is 2. The van der Waals surface area contributed by atoms with Gasteiger partial charge in [-0.2, -0.15) is 0 Å². The molecule has 0 spiro atoms. The van der Waals surface area contributed by atoms with Crippen molar-refractivity contribution < 1.29 is 18.7 Å². The number of hydrogen-bond acceptors (Lipinski definition) is 3. The Hall–Kier alpha value is -2.53. The number of ether oxygens (including phenoxy) is 2. The molecule has 0 aromatic heterocycles. The molecule has 0 unspecified atom stereocenters. The summed E-state index contributed by atoms with van der Waals surface area (Å²) >= 11 is 6.06. The van der Waals surface area contributed by atoms with Gasteiger partial charge in [0.05, 0.1) is 5.02 Å². The summed E-state index contributed by atoms with van der Waals surface area (Å²) in [5.74, 6) is 0.365. The number of hydrogen-bond donors (Lipinski definition) is 1. The summed E-state index contributed by atoms with van der Waals surface area (Å²) in [6.45, 7) is 0.132. The molecule has 6 heteroatoms. The smallest absolute Gasteiger partial charge is 0.248 e. The number of carbonyl (C=O) groups is 1. The molecule has 2 aromatic rings. The quantitative estimate of drug-likeness (QED) is 0.874. The highest BCUT2D eigenvalue weighted by molar-refractivity contribution is 6.32. The van der Waals surface area contributed by atoms with E-state index in [1.807, 2.05) is 0 Å². The molecule has 0 atom stereocenters. The van der Waals surface area contributed by atoms with Crippen molar-refractivity contribution in [3.63, 3.8) is 0 Å². The molecule has 0 saturated carbocycles. The Bertz CT molecular complexity index is 744. The Balaban J connectivity index is 1.70. The van der Waals surface area contributed by atoms with Crippen LogP contribution in [0.25, 0.3) is 6.08 Å². The van der Waals surface area contributed by atoms with Gasteiger partial charge in [-0.3, -0.25) is 4.79 Å². The minimum Gasteiger partial charge on any atom is -0.454 e. The molecule has 2 aromatic carbocycles. The summed E-state index contributed by atoms with van der Waals surface area (Å²) in [5.41, 5.74) is 1.23. The van der Waals surface area contributed by atoms with Gasteiger partial charge in [0.15, 0.2) is 11.5 Å². The molecule has 4 nitrogen and oxygen atoms in total. The molecule has 0 bridgehead atoms. The predicted octanol–water partition coefficient (Wildman–Crippen LogP) is 3.86. The van der Waals surface area contributed by atoms with Crippen LogP contribution in [0.3, 0.4) is 0 Å². The Morgan fingerprint density at radius 2 is 2.00 bits per heavy atom. The minimum absolute atomic E-state index is 0.132. The third-order valence-corrected chi connectivity index (χ3v) is 3.27. The fraction of sp³-hybridized carbons (Fsp3) is 0.0625. The summed E-state index contributed by atoms with van der Waals surface area (Å²) in [7, 11) is 0. The van der Waals surface area contributed by atoms with Crippen LogP contribution < -0.4 is 14.8 Å². The van der Waals surface area contributed by atoms with Crippen LogP contribution in [0.15, 0.2) is 42.5 Å². The molecular formula is C16H11ClFNO3. The van der Waals surface area contributed by atoms with Crippen LogP contribution in [0.5, 0.6) is 11.5 Å². The first-order valence-electron chi connectivity index (χ1n) is 6.45. The van der Waals surface area contributed by atoms with Gasteiger partial charge in [-0.15, -0.1) is 0 Å². The fourth-order valence-corrected chi connectivity index (χ4v) is 2.25. The molecule has 1 aliphatic rings. The number of carbonyl (C=O) groups excluding carboxylic acids is 1. The van der Waals surface area contributed by atoms with Crippen molar-refractivity contribution in [2.75, 3.05) is 12.1 Å². The van der Waals surface area contributed by atoms with E-state index in [1.54, 1.807) is 18.2 Å². The van der Waals surface area contributed by atoms with Gasteiger partial charge in [-0.05, 0) is 48.0 Å². The minimum atomic E-state index is -0.358. The van der Waals surface area contributed by atoms with Gasteiger partial charge in [0.2, 0.25) is 12.7 Å². The maximum Gasteiger partial charge on any atom is 0.248 e. The van der Waals surface area contributed by atoms with Crippen molar-refractivity contribution in [2.24, 2.45) is 0 Å². The van der Waals surface area contributed by atoms with E-state index < -0.39 is 0 Å². The van der Waals surface area contributed by atoms with Gasteiger partial charge in [-0.1, -0.05) is 11.6 Å². The lowest BCUT2D eigenvalue weighted by atomic mass is 10.2. The third-order valence-electron chi connectivity index (χ3n) is 2.99. The standard InChI is InChI=1S/C16H11ClFNO3/c17-13-7-10(8-14-16(13)22-9-21-14)1-6-15(20)19-12-4-2-11(18)3-5-12/h1-8H,9H2,(H,19,20)/b6-1+. The number of nitrogens with one attached hydrogen (secondary N) is 1. The lowest BCUT2D eigenvalue weighted by Crippen LogP contribution is -2.07. The molecule has 22 heavy (non-hydrogen) atoms. The lowest BCUT2D eigenvalue weighted by molar-refractivity contribution is -0.111. The predicted molar refractivity (Wildman–Crippen MR) is 81.6 cm³/mol. The van der Waals surface area contributed by atoms with E-state index in [0.29, 0.717) is 27.8 Å². The zero-order valence-corrected chi connectivity index (χ0v) is 12.1. The number of anilines is 1. The Kier molecular flexibility index (Phi) is 3.98. The van der Waals surface area contributed by atoms with E-state index in [1.165, 1.54) is 30.3 Å². The van der Waals surface area contributed by atoms with E-state index in [9.17, 15) is 9.18 Å². The van der Waals surface area contributed by atoms with E-state index in [0.717, 1.165) is 0 Å². The molecule has 1 N–H and O–H groups in total. The molecule has 0 radical (unpaired) electrons. The van der Waals surface area contributed by atoms with Crippen molar-refractivity contribution in [2.45, 2.75) is 0 Å². The third kappa shape index (κ3) is 3.20. The van der Waals surface area contributed by atoms with Crippen LogP contribution in [0, 0.1) is 5.82 Å². The van der Waals surface area contributed by atoms with Gasteiger partial charge in [0.1, 0.15) is 5.82 Å². The molecule has 112 valence electrons. The van der Waals surface area contributed by atoms with E-state index in [4.69, 9.17) is 21.1 Å². The molecule has 3 rings (SSSR count). The number of benzene rings is 2. The van der Waals surface area contributed by atoms with Gasteiger partial charge in [-0.25, -0.2) is 4.39 Å². The second-order valence-corrected chi connectivity index (χ2v) is 4.97. The van der Waals surface area contributed by atoms with Crippen LogP contribution in [-0.2, 0) is 4.79 Å². The zero-order chi connectivity index (χ0) is 15.5. The average Bonchev–Trinajstić information content (AvgIpc) is 2.97. The van der Waals surface area contributed by atoms with Crippen molar-refractivity contribution in [1.82, 2.24) is 0 Å². The highest BCUT2D eigenvalue weighted by atomic mass is 35.5. The Morgan fingerprint density at radius 1 is 1.23 bits per heavy atom. The summed E-state index contributed by atoms with van der Waals surface area (Å²) in [6, 6.07) is 8.93. The summed E-state index contributed by atoms with van der Waals surface area (Å²) in [4.78, 5) is 11.8. The van der Waals surface area contributed by atoms with Crippen LogP contribution >= 0.6 is 11.6 Å². The van der Waals surface area contributed by atoms with Crippen molar-refractivity contribution in [1.29, 1.82) is 0 Å². The number of fused-ring (bicyclic) bond motifs is 1. The second kappa shape index (κ2) is 6.07.